The van der Waals surface area contributed by atoms with Gasteiger partial charge in [0.25, 0.3) is 0 Å². The number of anilines is 1. The maximum absolute atomic E-state index is 12.3. The molecule has 0 aliphatic carbocycles. The van der Waals surface area contributed by atoms with Crippen molar-refractivity contribution in [1.82, 2.24) is 4.31 Å². The van der Waals surface area contributed by atoms with Gasteiger partial charge in [0.05, 0.1) is 30.7 Å². The molecule has 1 heterocycles. The van der Waals surface area contributed by atoms with Gasteiger partial charge in [-0.3, -0.25) is 4.79 Å². The topological polar surface area (TPSA) is 84.9 Å². The second-order valence-corrected chi connectivity index (χ2v) is 8.26. The zero-order chi connectivity index (χ0) is 18.4. The van der Waals surface area contributed by atoms with Crippen molar-refractivity contribution in [2.24, 2.45) is 0 Å². The van der Waals surface area contributed by atoms with Gasteiger partial charge in [-0.25, -0.2) is 12.7 Å². The average Bonchev–Trinajstić information content (AvgIpc) is 2.62. The minimum Gasteiger partial charge on any atom is -0.495 e. The van der Waals surface area contributed by atoms with Crippen LogP contribution in [0, 0.1) is 0 Å². The van der Waals surface area contributed by atoms with E-state index in [1.807, 2.05) is 0 Å². The molecule has 0 bridgehead atoms. The van der Waals surface area contributed by atoms with Gasteiger partial charge in [0.1, 0.15) is 11.5 Å². The van der Waals surface area contributed by atoms with Crippen LogP contribution in [0.2, 0.25) is 5.02 Å². The molecule has 2 rings (SSSR count). The minimum absolute atomic E-state index is 0.132. The maximum atomic E-state index is 12.3. The Bertz CT molecular complexity index is 717. The first-order chi connectivity index (χ1) is 11.9. The Labute approximate surface area is 153 Å². The van der Waals surface area contributed by atoms with Crippen molar-refractivity contribution in [3.8, 4) is 11.5 Å². The van der Waals surface area contributed by atoms with Crippen LogP contribution in [-0.4, -0.2) is 51.7 Å². The Morgan fingerprint density at radius 2 is 1.80 bits per heavy atom. The molecular weight excluding hydrogens is 368 g/mol. The van der Waals surface area contributed by atoms with E-state index in [1.54, 1.807) is 0 Å². The van der Waals surface area contributed by atoms with E-state index in [-0.39, 0.29) is 12.2 Å². The summed E-state index contributed by atoms with van der Waals surface area (Å²) in [6.07, 6.45) is 2.65. The number of rotatable bonds is 7. The van der Waals surface area contributed by atoms with Crippen molar-refractivity contribution in [2.75, 3.05) is 38.4 Å². The third-order valence-corrected chi connectivity index (χ3v) is 6.21. The lowest BCUT2D eigenvalue weighted by molar-refractivity contribution is -0.115. The molecule has 1 aliphatic heterocycles. The van der Waals surface area contributed by atoms with Gasteiger partial charge in [-0.15, -0.1) is 0 Å². The summed E-state index contributed by atoms with van der Waals surface area (Å²) in [6, 6.07) is 3.07. The van der Waals surface area contributed by atoms with Gasteiger partial charge >= 0.3 is 0 Å². The number of halogens is 1. The van der Waals surface area contributed by atoms with Crippen LogP contribution in [0.1, 0.15) is 25.7 Å². The van der Waals surface area contributed by atoms with Crippen molar-refractivity contribution in [3.63, 3.8) is 0 Å². The van der Waals surface area contributed by atoms with Gasteiger partial charge in [-0.2, -0.15) is 0 Å². The lowest BCUT2D eigenvalue weighted by atomic mass is 10.2. The molecule has 1 N–H and O–H groups in total. The quantitative estimate of drug-likeness (QED) is 0.773. The van der Waals surface area contributed by atoms with E-state index in [2.05, 4.69) is 5.32 Å². The first kappa shape index (κ1) is 19.8. The molecule has 1 aliphatic rings. The predicted molar refractivity (Wildman–Crippen MR) is 97.0 cm³/mol. The molecule has 25 heavy (non-hydrogen) atoms. The van der Waals surface area contributed by atoms with Crippen molar-refractivity contribution >= 4 is 33.2 Å². The molecule has 0 radical (unpaired) electrons. The van der Waals surface area contributed by atoms with Crippen molar-refractivity contribution in [1.29, 1.82) is 0 Å². The SMILES string of the molecule is COc1cc(NC(=O)CCS(=O)(=O)N2CCCCC2)c(OC)cc1Cl. The third-order valence-electron chi connectivity index (χ3n) is 4.04. The Morgan fingerprint density at radius 1 is 1.16 bits per heavy atom. The Balaban J connectivity index is 2.00. The molecule has 1 amide bonds. The number of amides is 1. The van der Waals surface area contributed by atoms with Crippen LogP contribution in [0.3, 0.4) is 0 Å². The van der Waals surface area contributed by atoms with Crippen LogP contribution >= 0.6 is 11.6 Å². The fourth-order valence-corrected chi connectivity index (χ4v) is 4.41. The summed E-state index contributed by atoms with van der Waals surface area (Å²) in [5, 5.41) is 3.01. The van der Waals surface area contributed by atoms with E-state index in [9.17, 15) is 13.2 Å². The first-order valence-electron chi connectivity index (χ1n) is 8.06. The largest absolute Gasteiger partial charge is 0.495 e. The predicted octanol–water partition coefficient (Wildman–Crippen LogP) is 2.50. The number of piperidine rings is 1. The number of hydrogen-bond donors (Lipinski definition) is 1. The number of nitrogens with one attached hydrogen (secondary N) is 1. The molecule has 1 aromatic rings. The van der Waals surface area contributed by atoms with E-state index in [0.29, 0.717) is 35.3 Å². The van der Waals surface area contributed by atoms with Gasteiger partial charge in [0.2, 0.25) is 15.9 Å². The Kier molecular flexibility index (Phi) is 6.92. The number of carbonyl (C=O) groups excluding carboxylic acids is 1. The minimum atomic E-state index is -3.41. The first-order valence-corrected chi connectivity index (χ1v) is 10.1. The van der Waals surface area contributed by atoms with Crippen LogP contribution in [0.5, 0.6) is 11.5 Å². The van der Waals surface area contributed by atoms with E-state index >= 15 is 0 Å². The zero-order valence-electron chi connectivity index (χ0n) is 14.4. The number of sulfonamides is 1. The van der Waals surface area contributed by atoms with Crippen LogP contribution in [-0.2, 0) is 14.8 Å². The number of carbonyl (C=O) groups is 1. The molecule has 9 heteroatoms. The van der Waals surface area contributed by atoms with Crippen molar-refractivity contribution in [2.45, 2.75) is 25.7 Å². The standard InChI is InChI=1S/C16H23ClN2O5S/c1-23-14-11-13(15(24-2)10-12(14)17)18-16(20)6-9-25(21,22)19-7-4-3-5-8-19/h10-11H,3-9H2,1-2H3,(H,18,20). The number of nitrogens with zero attached hydrogens (tertiary/aromatic N) is 1. The highest BCUT2D eigenvalue weighted by atomic mass is 35.5. The maximum Gasteiger partial charge on any atom is 0.225 e. The molecule has 1 fully saturated rings. The third kappa shape index (κ3) is 5.23. The van der Waals surface area contributed by atoms with Gasteiger partial charge in [0, 0.05) is 31.6 Å². The summed E-state index contributed by atoms with van der Waals surface area (Å²) < 4.78 is 36.4. The normalized spacial score (nSPS) is 15.6. The molecule has 1 saturated heterocycles. The van der Waals surface area contributed by atoms with Crippen LogP contribution in [0.25, 0.3) is 0 Å². The Hall–Kier alpha value is -1.51. The molecule has 140 valence electrons. The number of ether oxygens (including phenoxy) is 2. The molecule has 0 aromatic heterocycles. The van der Waals surface area contributed by atoms with E-state index in [0.717, 1.165) is 19.3 Å². The van der Waals surface area contributed by atoms with Gasteiger partial charge < -0.3 is 14.8 Å². The Morgan fingerprint density at radius 3 is 2.40 bits per heavy atom. The summed E-state index contributed by atoms with van der Waals surface area (Å²) in [5.41, 5.74) is 0.379. The lowest BCUT2D eigenvalue weighted by Crippen LogP contribution is -2.37. The zero-order valence-corrected chi connectivity index (χ0v) is 16.0. The van der Waals surface area contributed by atoms with E-state index in [4.69, 9.17) is 21.1 Å². The van der Waals surface area contributed by atoms with Gasteiger partial charge in [-0.1, -0.05) is 18.0 Å². The van der Waals surface area contributed by atoms with Crippen LogP contribution in [0.4, 0.5) is 5.69 Å². The van der Waals surface area contributed by atoms with E-state index in [1.165, 1.54) is 30.7 Å². The van der Waals surface area contributed by atoms with Crippen LogP contribution < -0.4 is 14.8 Å². The summed E-state index contributed by atoms with van der Waals surface area (Å²) in [7, 11) is -0.495. The molecular formula is C16H23ClN2O5S. The summed E-state index contributed by atoms with van der Waals surface area (Å²) in [5.74, 6) is 0.131. The van der Waals surface area contributed by atoms with E-state index < -0.39 is 15.9 Å². The van der Waals surface area contributed by atoms with Gasteiger partial charge in [-0.05, 0) is 12.8 Å². The molecule has 0 atom stereocenters. The fraction of sp³-hybridized carbons (Fsp3) is 0.562. The highest BCUT2D eigenvalue weighted by molar-refractivity contribution is 7.89. The number of hydrogen-bond acceptors (Lipinski definition) is 5. The monoisotopic (exact) mass is 390 g/mol. The summed E-state index contributed by atoms with van der Waals surface area (Å²) in [6.45, 7) is 1.07. The van der Waals surface area contributed by atoms with Crippen molar-refractivity contribution < 1.29 is 22.7 Å². The molecule has 0 unspecified atom stereocenters. The van der Waals surface area contributed by atoms with Crippen LogP contribution in [0.15, 0.2) is 12.1 Å². The molecule has 0 saturated carbocycles. The smallest absolute Gasteiger partial charge is 0.225 e. The molecule has 1 aromatic carbocycles. The molecule has 0 spiro atoms. The average molecular weight is 391 g/mol. The summed E-state index contributed by atoms with van der Waals surface area (Å²) >= 11 is 6.02. The number of benzene rings is 1. The van der Waals surface area contributed by atoms with Gasteiger partial charge in [0.15, 0.2) is 0 Å². The van der Waals surface area contributed by atoms with Crippen molar-refractivity contribution in [3.05, 3.63) is 17.2 Å². The highest BCUT2D eigenvalue weighted by Crippen LogP contribution is 2.35. The highest BCUT2D eigenvalue weighted by Gasteiger charge is 2.24. The lowest BCUT2D eigenvalue weighted by Gasteiger charge is -2.25. The second kappa shape index (κ2) is 8.73. The second-order valence-electron chi connectivity index (χ2n) is 5.76. The fourth-order valence-electron chi connectivity index (χ4n) is 2.66. The molecule has 7 nitrogen and oxygen atoms in total. The number of methoxy groups -OCH3 is 2. The summed E-state index contributed by atoms with van der Waals surface area (Å²) in [4.78, 5) is 12.2.